The molecule has 2 amide bonds. The van der Waals surface area contributed by atoms with E-state index in [9.17, 15) is 22.4 Å². The van der Waals surface area contributed by atoms with E-state index in [1.54, 1.807) is 6.92 Å². The van der Waals surface area contributed by atoms with Gasteiger partial charge in [-0.15, -0.1) is 0 Å². The molecule has 0 fully saturated rings. The molecular formula is C30H36FN3O6S. The number of hydrogen-bond donors (Lipinski definition) is 1. The van der Waals surface area contributed by atoms with E-state index >= 15 is 0 Å². The van der Waals surface area contributed by atoms with E-state index in [0.29, 0.717) is 12.2 Å². The first kappa shape index (κ1) is 31.4. The molecule has 0 aromatic heterocycles. The van der Waals surface area contributed by atoms with Gasteiger partial charge in [0.2, 0.25) is 11.8 Å². The van der Waals surface area contributed by atoms with Crippen molar-refractivity contribution in [2.24, 2.45) is 0 Å². The molecule has 0 heterocycles. The third-order valence-electron chi connectivity index (χ3n) is 6.70. The smallest absolute Gasteiger partial charge is 0.264 e. The number of benzene rings is 3. The molecule has 0 bridgehead atoms. The third-order valence-corrected chi connectivity index (χ3v) is 8.47. The molecule has 2 atom stereocenters. The average Bonchev–Trinajstić information content (AvgIpc) is 2.98. The summed E-state index contributed by atoms with van der Waals surface area (Å²) in [5.74, 6) is -1.04. The standard InChI is InChI=1S/C30H36FN3O6S/c1-6-21(2)32-30(36)22(3)33(19-23-10-8-7-9-11-23)29(35)20-34(25-14-12-24(31)13-15-25)41(37,38)26-16-17-27(39-4)28(18-26)40-5/h7-18,21-22H,6,19-20H2,1-5H3,(H,32,36)/t21-,22-/m1/s1. The highest BCUT2D eigenvalue weighted by atomic mass is 32.2. The van der Waals surface area contributed by atoms with Crippen LogP contribution >= 0.6 is 0 Å². The number of carbonyl (C=O) groups is 2. The molecule has 11 heteroatoms. The highest BCUT2D eigenvalue weighted by molar-refractivity contribution is 7.92. The Morgan fingerprint density at radius 3 is 2.15 bits per heavy atom. The molecule has 0 unspecified atom stereocenters. The van der Waals surface area contributed by atoms with Crippen LogP contribution in [0.4, 0.5) is 10.1 Å². The van der Waals surface area contributed by atoms with E-state index in [2.05, 4.69) is 5.32 Å². The summed E-state index contributed by atoms with van der Waals surface area (Å²) in [4.78, 5) is 28.2. The van der Waals surface area contributed by atoms with Crippen molar-refractivity contribution in [2.75, 3.05) is 25.1 Å². The van der Waals surface area contributed by atoms with Crippen molar-refractivity contribution < 1.29 is 31.9 Å². The lowest BCUT2D eigenvalue weighted by atomic mass is 10.1. The Hall–Kier alpha value is -4.12. The van der Waals surface area contributed by atoms with Crippen molar-refractivity contribution in [3.05, 3.63) is 84.2 Å². The summed E-state index contributed by atoms with van der Waals surface area (Å²) >= 11 is 0. The molecule has 9 nitrogen and oxygen atoms in total. The van der Waals surface area contributed by atoms with Crippen molar-refractivity contribution in [1.82, 2.24) is 10.2 Å². The van der Waals surface area contributed by atoms with Crippen LogP contribution in [0.2, 0.25) is 0 Å². The Morgan fingerprint density at radius 1 is 0.927 bits per heavy atom. The first-order chi connectivity index (χ1) is 19.5. The zero-order valence-electron chi connectivity index (χ0n) is 23.8. The fourth-order valence-electron chi connectivity index (χ4n) is 4.07. The lowest BCUT2D eigenvalue weighted by Crippen LogP contribution is -2.52. The van der Waals surface area contributed by atoms with Gasteiger partial charge in [-0.25, -0.2) is 12.8 Å². The fourth-order valence-corrected chi connectivity index (χ4v) is 5.50. The summed E-state index contributed by atoms with van der Waals surface area (Å²) in [7, 11) is -1.56. The summed E-state index contributed by atoms with van der Waals surface area (Å²) in [5, 5.41) is 2.89. The molecule has 0 aliphatic heterocycles. The first-order valence-corrected chi connectivity index (χ1v) is 14.6. The van der Waals surface area contributed by atoms with Crippen molar-refractivity contribution >= 4 is 27.5 Å². The summed E-state index contributed by atoms with van der Waals surface area (Å²) in [6.45, 7) is 4.82. The minimum absolute atomic E-state index is 0.0719. The topological polar surface area (TPSA) is 105 Å². The van der Waals surface area contributed by atoms with Gasteiger partial charge in [0.25, 0.3) is 10.0 Å². The van der Waals surface area contributed by atoms with Gasteiger partial charge in [0.15, 0.2) is 11.5 Å². The predicted molar refractivity (Wildman–Crippen MR) is 155 cm³/mol. The van der Waals surface area contributed by atoms with E-state index in [0.717, 1.165) is 22.0 Å². The van der Waals surface area contributed by atoms with Crippen LogP contribution in [-0.4, -0.2) is 58.0 Å². The average molecular weight is 586 g/mol. The lowest BCUT2D eigenvalue weighted by Gasteiger charge is -2.32. The maximum absolute atomic E-state index is 14.0. The molecular weight excluding hydrogens is 549 g/mol. The number of amides is 2. The maximum Gasteiger partial charge on any atom is 0.264 e. The summed E-state index contributed by atoms with van der Waals surface area (Å²) in [6.07, 6.45) is 0.701. The quantitative estimate of drug-likeness (QED) is 0.320. The predicted octanol–water partition coefficient (Wildman–Crippen LogP) is 4.37. The largest absolute Gasteiger partial charge is 0.493 e. The van der Waals surface area contributed by atoms with Gasteiger partial charge >= 0.3 is 0 Å². The number of anilines is 1. The van der Waals surface area contributed by atoms with Gasteiger partial charge in [0.1, 0.15) is 18.4 Å². The Bertz CT molecular complexity index is 1430. The maximum atomic E-state index is 14.0. The van der Waals surface area contributed by atoms with Crippen molar-refractivity contribution in [3.63, 3.8) is 0 Å². The molecule has 3 rings (SSSR count). The van der Waals surface area contributed by atoms with Gasteiger partial charge in [-0.3, -0.25) is 13.9 Å². The van der Waals surface area contributed by atoms with Crippen molar-refractivity contribution in [2.45, 2.75) is 50.7 Å². The second kappa shape index (κ2) is 14.0. The zero-order valence-corrected chi connectivity index (χ0v) is 24.7. The molecule has 0 aliphatic rings. The lowest BCUT2D eigenvalue weighted by molar-refractivity contribution is -0.139. The van der Waals surface area contributed by atoms with Crippen molar-refractivity contribution in [3.8, 4) is 11.5 Å². The van der Waals surface area contributed by atoms with E-state index in [1.807, 2.05) is 44.2 Å². The molecule has 1 N–H and O–H groups in total. The van der Waals surface area contributed by atoms with Gasteiger partial charge in [0.05, 0.1) is 24.8 Å². The molecule has 0 spiro atoms. The highest BCUT2D eigenvalue weighted by Gasteiger charge is 2.33. The first-order valence-electron chi connectivity index (χ1n) is 13.2. The molecule has 3 aromatic carbocycles. The number of sulfonamides is 1. The van der Waals surface area contributed by atoms with Gasteiger partial charge in [-0.1, -0.05) is 37.3 Å². The molecule has 41 heavy (non-hydrogen) atoms. The Kier molecular flexibility index (Phi) is 10.7. The molecule has 220 valence electrons. The van der Waals surface area contributed by atoms with Gasteiger partial charge in [-0.05, 0) is 62.2 Å². The van der Waals surface area contributed by atoms with Crippen LogP contribution in [0.15, 0.2) is 77.7 Å². The number of nitrogens with zero attached hydrogens (tertiary/aromatic N) is 2. The molecule has 3 aromatic rings. The van der Waals surface area contributed by atoms with E-state index in [-0.39, 0.29) is 34.8 Å². The number of carbonyl (C=O) groups excluding carboxylic acids is 2. The van der Waals surface area contributed by atoms with E-state index in [4.69, 9.17) is 9.47 Å². The second-order valence-electron chi connectivity index (χ2n) is 9.51. The Labute approximate surface area is 240 Å². The number of hydrogen-bond acceptors (Lipinski definition) is 6. The monoisotopic (exact) mass is 585 g/mol. The number of nitrogens with one attached hydrogen (secondary N) is 1. The summed E-state index contributed by atoms with van der Waals surface area (Å²) in [6, 6.07) is 16.9. The van der Waals surface area contributed by atoms with Crippen LogP contribution in [0.25, 0.3) is 0 Å². The van der Waals surface area contributed by atoms with E-state index in [1.165, 1.54) is 49.5 Å². The fraction of sp³-hybridized carbons (Fsp3) is 0.333. The van der Waals surface area contributed by atoms with Crippen LogP contribution in [0.1, 0.15) is 32.8 Å². The Balaban J connectivity index is 2.05. The van der Waals surface area contributed by atoms with Crippen molar-refractivity contribution in [1.29, 1.82) is 0 Å². The molecule has 0 saturated carbocycles. The van der Waals surface area contributed by atoms with Gasteiger partial charge < -0.3 is 19.7 Å². The van der Waals surface area contributed by atoms with Gasteiger partial charge in [0, 0.05) is 18.7 Å². The number of methoxy groups -OCH3 is 2. The normalized spacial score (nSPS) is 12.6. The molecule has 0 saturated heterocycles. The zero-order chi connectivity index (χ0) is 30.2. The van der Waals surface area contributed by atoms with Crippen LogP contribution < -0.4 is 19.1 Å². The van der Waals surface area contributed by atoms with Crippen LogP contribution in [0.3, 0.4) is 0 Å². The summed E-state index contributed by atoms with van der Waals surface area (Å²) < 4.78 is 53.1. The SMILES string of the molecule is CC[C@@H](C)NC(=O)[C@@H](C)N(Cc1ccccc1)C(=O)CN(c1ccc(F)cc1)S(=O)(=O)c1ccc(OC)c(OC)c1. The molecule has 0 aliphatic carbocycles. The minimum Gasteiger partial charge on any atom is -0.493 e. The van der Waals surface area contributed by atoms with E-state index < -0.39 is 34.3 Å². The number of halogens is 1. The van der Waals surface area contributed by atoms with Crippen LogP contribution in [0.5, 0.6) is 11.5 Å². The van der Waals surface area contributed by atoms with Crippen LogP contribution in [0, 0.1) is 5.82 Å². The summed E-state index contributed by atoms with van der Waals surface area (Å²) in [5.41, 5.74) is 0.839. The van der Waals surface area contributed by atoms with Gasteiger partial charge in [-0.2, -0.15) is 0 Å². The number of rotatable bonds is 13. The molecule has 0 radical (unpaired) electrons. The second-order valence-corrected chi connectivity index (χ2v) is 11.4. The Morgan fingerprint density at radius 2 is 1.56 bits per heavy atom. The van der Waals surface area contributed by atoms with Crippen LogP contribution in [-0.2, 0) is 26.2 Å². The highest BCUT2D eigenvalue weighted by Crippen LogP contribution is 2.32. The number of ether oxygens (including phenoxy) is 2. The minimum atomic E-state index is -4.37. The third kappa shape index (κ3) is 7.75.